The van der Waals surface area contributed by atoms with Crippen LogP contribution < -0.4 is 10.0 Å². The SMILES string of the molecule is CC(C)(CNc1ccc(C#N)cc1[N+](=O)[O-])NS(C)(=O)=O. The number of sulfonamides is 1. The molecule has 9 heteroatoms. The number of anilines is 1. The largest absolute Gasteiger partial charge is 0.378 e. The van der Waals surface area contributed by atoms with Crippen LogP contribution in [0.1, 0.15) is 19.4 Å². The van der Waals surface area contributed by atoms with Crippen LogP contribution in [0.4, 0.5) is 11.4 Å². The Morgan fingerprint density at radius 1 is 1.43 bits per heavy atom. The van der Waals surface area contributed by atoms with E-state index in [0.29, 0.717) is 0 Å². The van der Waals surface area contributed by atoms with Crippen molar-refractivity contribution in [1.29, 1.82) is 5.26 Å². The lowest BCUT2D eigenvalue weighted by atomic mass is 10.1. The minimum absolute atomic E-state index is 0.146. The third kappa shape index (κ3) is 5.37. The molecular weight excluding hydrogens is 296 g/mol. The highest BCUT2D eigenvalue weighted by molar-refractivity contribution is 7.88. The van der Waals surface area contributed by atoms with Gasteiger partial charge in [0.2, 0.25) is 10.0 Å². The molecule has 0 aliphatic carbocycles. The first-order chi connectivity index (χ1) is 9.54. The number of nitro groups is 1. The normalized spacial score (nSPS) is 11.7. The average molecular weight is 312 g/mol. The summed E-state index contributed by atoms with van der Waals surface area (Å²) in [6, 6.07) is 5.87. The Kier molecular flexibility index (Phi) is 4.88. The van der Waals surface area contributed by atoms with Crippen LogP contribution in [-0.4, -0.2) is 31.7 Å². The number of benzene rings is 1. The first-order valence-electron chi connectivity index (χ1n) is 5.95. The summed E-state index contributed by atoms with van der Waals surface area (Å²) in [6.07, 6.45) is 1.04. The molecule has 114 valence electrons. The van der Waals surface area contributed by atoms with Crippen LogP contribution in [0.25, 0.3) is 0 Å². The van der Waals surface area contributed by atoms with Gasteiger partial charge in [0.15, 0.2) is 0 Å². The fourth-order valence-electron chi connectivity index (χ4n) is 1.76. The number of hydrogen-bond donors (Lipinski definition) is 2. The molecule has 0 heterocycles. The van der Waals surface area contributed by atoms with Crippen molar-refractivity contribution in [1.82, 2.24) is 4.72 Å². The summed E-state index contributed by atoms with van der Waals surface area (Å²) in [6.45, 7) is 3.44. The van der Waals surface area contributed by atoms with Gasteiger partial charge in [-0.2, -0.15) is 5.26 Å². The zero-order chi connectivity index (χ0) is 16.3. The number of rotatable bonds is 6. The number of nitrogens with one attached hydrogen (secondary N) is 2. The number of nitrogens with zero attached hydrogens (tertiary/aromatic N) is 2. The highest BCUT2D eigenvalue weighted by Gasteiger charge is 2.23. The van der Waals surface area contributed by atoms with E-state index in [1.807, 2.05) is 6.07 Å². The molecule has 0 saturated heterocycles. The Balaban J connectivity index is 2.94. The molecule has 0 fully saturated rings. The summed E-state index contributed by atoms with van der Waals surface area (Å²) in [5.74, 6) is 0. The first-order valence-corrected chi connectivity index (χ1v) is 7.84. The van der Waals surface area contributed by atoms with Gasteiger partial charge in [0.25, 0.3) is 5.69 Å². The van der Waals surface area contributed by atoms with Gasteiger partial charge in [0.1, 0.15) is 5.69 Å². The van der Waals surface area contributed by atoms with Crippen LogP contribution in [0.3, 0.4) is 0 Å². The Bertz CT molecular complexity index is 692. The minimum atomic E-state index is -3.39. The van der Waals surface area contributed by atoms with E-state index in [-0.39, 0.29) is 23.5 Å². The van der Waals surface area contributed by atoms with Gasteiger partial charge in [0, 0.05) is 18.2 Å². The van der Waals surface area contributed by atoms with Crippen molar-refractivity contribution in [2.24, 2.45) is 0 Å². The van der Waals surface area contributed by atoms with E-state index in [4.69, 9.17) is 5.26 Å². The second kappa shape index (κ2) is 6.07. The van der Waals surface area contributed by atoms with Crippen LogP contribution in [-0.2, 0) is 10.0 Å². The van der Waals surface area contributed by atoms with Crippen LogP contribution in [0.2, 0.25) is 0 Å². The van der Waals surface area contributed by atoms with Crippen molar-refractivity contribution in [3.05, 3.63) is 33.9 Å². The van der Waals surface area contributed by atoms with E-state index >= 15 is 0 Å². The Labute approximate surface area is 123 Å². The molecule has 1 aromatic rings. The molecule has 21 heavy (non-hydrogen) atoms. The van der Waals surface area contributed by atoms with Crippen molar-refractivity contribution < 1.29 is 13.3 Å². The lowest BCUT2D eigenvalue weighted by molar-refractivity contribution is -0.384. The Hall–Kier alpha value is -2.18. The van der Waals surface area contributed by atoms with Crippen LogP contribution >= 0.6 is 0 Å². The van der Waals surface area contributed by atoms with Gasteiger partial charge in [-0.25, -0.2) is 13.1 Å². The highest BCUT2D eigenvalue weighted by Crippen LogP contribution is 2.25. The van der Waals surface area contributed by atoms with Crippen molar-refractivity contribution in [3.63, 3.8) is 0 Å². The predicted octanol–water partition coefficient (Wildman–Crippen LogP) is 1.21. The van der Waals surface area contributed by atoms with Crippen LogP contribution in [0.15, 0.2) is 18.2 Å². The van der Waals surface area contributed by atoms with Gasteiger partial charge in [-0.3, -0.25) is 10.1 Å². The van der Waals surface area contributed by atoms with Gasteiger partial charge in [-0.1, -0.05) is 0 Å². The van der Waals surface area contributed by atoms with Crippen LogP contribution in [0, 0.1) is 21.4 Å². The van der Waals surface area contributed by atoms with Gasteiger partial charge >= 0.3 is 0 Å². The fraction of sp³-hybridized carbons (Fsp3) is 0.417. The maximum absolute atomic E-state index is 11.2. The summed E-state index contributed by atoms with van der Waals surface area (Å²) < 4.78 is 24.9. The van der Waals surface area contributed by atoms with Gasteiger partial charge in [-0.05, 0) is 26.0 Å². The van der Waals surface area contributed by atoms with E-state index in [0.717, 1.165) is 6.26 Å². The molecule has 1 rings (SSSR count). The molecule has 0 aromatic heterocycles. The molecule has 0 aliphatic rings. The van der Waals surface area contributed by atoms with Crippen molar-refractivity contribution in [3.8, 4) is 6.07 Å². The molecule has 1 aromatic carbocycles. The van der Waals surface area contributed by atoms with E-state index < -0.39 is 20.5 Å². The molecule has 0 bridgehead atoms. The summed E-state index contributed by atoms with van der Waals surface area (Å²) in [7, 11) is -3.39. The molecule has 8 nitrogen and oxygen atoms in total. The standard InChI is InChI=1S/C12H16N4O4S/c1-12(2,15-21(3,19)20)8-14-10-5-4-9(7-13)6-11(10)16(17)18/h4-6,14-15H,8H2,1-3H3. The Morgan fingerprint density at radius 2 is 2.05 bits per heavy atom. The first kappa shape index (κ1) is 16.9. The molecule has 0 spiro atoms. The van der Waals surface area contributed by atoms with E-state index in [1.54, 1.807) is 13.8 Å². The number of nitro benzene ring substituents is 1. The summed E-state index contributed by atoms with van der Waals surface area (Å²) in [4.78, 5) is 10.4. The third-order valence-electron chi connectivity index (χ3n) is 2.51. The van der Waals surface area contributed by atoms with Crippen molar-refractivity contribution in [2.75, 3.05) is 18.1 Å². The van der Waals surface area contributed by atoms with Crippen LogP contribution in [0.5, 0.6) is 0 Å². The molecule has 0 atom stereocenters. The predicted molar refractivity (Wildman–Crippen MR) is 78.4 cm³/mol. The molecule has 0 saturated carbocycles. The maximum Gasteiger partial charge on any atom is 0.293 e. The summed E-state index contributed by atoms with van der Waals surface area (Å²) in [5.41, 5.74) is -0.651. The molecule has 0 amide bonds. The lowest BCUT2D eigenvalue weighted by Gasteiger charge is -2.25. The van der Waals surface area contributed by atoms with Crippen molar-refractivity contribution >= 4 is 21.4 Å². The Morgan fingerprint density at radius 3 is 2.52 bits per heavy atom. The number of hydrogen-bond acceptors (Lipinski definition) is 6. The minimum Gasteiger partial charge on any atom is -0.378 e. The highest BCUT2D eigenvalue weighted by atomic mass is 32.2. The lowest BCUT2D eigenvalue weighted by Crippen LogP contribution is -2.47. The van der Waals surface area contributed by atoms with Gasteiger partial charge in [0.05, 0.1) is 22.8 Å². The number of nitriles is 1. The van der Waals surface area contributed by atoms with Crippen molar-refractivity contribution in [2.45, 2.75) is 19.4 Å². The average Bonchev–Trinajstić information content (AvgIpc) is 2.33. The zero-order valence-electron chi connectivity index (χ0n) is 11.9. The smallest absolute Gasteiger partial charge is 0.293 e. The quantitative estimate of drug-likeness (QED) is 0.600. The van der Waals surface area contributed by atoms with E-state index in [9.17, 15) is 18.5 Å². The maximum atomic E-state index is 11.2. The summed E-state index contributed by atoms with van der Waals surface area (Å²) >= 11 is 0. The van der Waals surface area contributed by atoms with Gasteiger partial charge in [-0.15, -0.1) is 0 Å². The zero-order valence-corrected chi connectivity index (χ0v) is 12.7. The topological polar surface area (TPSA) is 125 Å². The van der Waals surface area contributed by atoms with E-state index in [1.165, 1.54) is 18.2 Å². The fourth-order valence-corrected chi connectivity index (χ4v) is 2.83. The molecular formula is C12H16N4O4S. The second-order valence-electron chi connectivity index (χ2n) is 5.21. The molecule has 0 unspecified atom stereocenters. The summed E-state index contributed by atoms with van der Waals surface area (Å²) in [5, 5.41) is 22.6. The molecule has 0 radical (unpaired) electrons. The third-order valence-corrected chi connectivity index (χ3v) is 3.43. The molecule has 0 aliphatic heterocycles. The second-order valence-corrected chi connectivity index (χ2v) is 6.96. The van der Waals surface area contributed by atoms with E-state index in [2.05, 4.69) is 10.0 Å². The van der Waals surface area contributed by atoms with Gasteiger partial charge < -0.3 is 5.32 Å². The monoisotopic (exact) mass is 312 g/mol. The molecule has 2 N–H and O–H groups in total.